The van der Waals surface area contributed by atoms with Gasteiger partial charge in [-0.3, -0.25) is 4.90 Å². The fourth-order valence-corrected chi connectivity index (χ4v) is 1.97. The third-order valence-corrected chi connectivity index (χ3v) is 3.00. The fourth-order valence-electron chi connectivity index (χ4n) is 1.97. The van der Waals surface area contributed by atoms with Crippen molar-refractivity contribution in [2.75, 3.05) is 26.3 Å². The molecule has 1 saturated heterocycles. The van der Waals surface area contributed by atoms with Gasteiger partial charge in [-0.05, 0) is 11.1 Å². The van der Waals surface area contributed by atoms with Crippen LogP contribution in [0.5, 0.6) is 0 Å². The van der Waals surface area contributed by atoms with Gasteiger partial charge >= 0.3 is 6.03 Å². The predicted molar refractivity (Wildman–Crippen MR) is 69.0 cm³/mol. The summed E-state index contributed by atoms with van der Waals surface area (Å²) in [5.74, 6) is 0. The van der Waals surface area contributed by atoms with Crippen molar-refractivity contribution in [3.63, 3.8) is 0 Å². The summed E-state index contributed by atoms with van der Waals surface area (Å²) >= 11 is 0. The van der Waals surface area contributed by atoms with Gasteiger partial charge in [0.05, 0.1) is 13.2 Å². The van der Waals surface area contributed by atoms with Crippen LogP contribution >= 0.6 is 0 Å². The average Bonchev–Trinajstić information content (AvgIpc) is 2.39. The van der Waals surface area contributed by atoms with E-state index in [0.29, 0.717) is 6.54 Å². The highest BCUT2D eigenvalue weighted by atomic mass is 16.5. The SMILES string of the molecule is NC(=O)NCc1ccc(CN2CCOCC2)cc1. The first-order chi connectivity index (χ1) is 8.74. The van der Waals surface area contributed by atoms with Gasteiger partial charge in [0.25, 0.3) is 0 Å². The Hall–Kier alpha value is -1.59. The van der Waals surface area contributed by atoms with Crippen molar-refractivity contribution >= 4 is 6.03 Å². The molecule has 0 aliphatic carbocycles. The van der Waals surface area contributed by atoms with Crippen molar-refractivity contribution in [2.24, 2.45) is 5.73 Å². The van der Waals surface area contributed by atoms with E-state index in [9.17, 15) is 4.79 Å². The number of rotatable bonds is 4. The average molecular weight is 249 g/mol. The van der Waals surface area contributed by atoms with E-state index in [-0.39, 0.29) is 0 Å². The second kappa shape index (κ2) is 6.37. The second-order valence-electron chi connectivity index (χ2n) is 4.42. The summed E-state index contributed by atoms with van der Waals surface area (Å²) in [4.78, 5) is 13.0. The molecule has 1 aromatic rings. The zero-order valence-electron chi connectivity index (χ0n) is 10.4. The number of nitrogens with two attached hydrogens (primary N) is 1. The lowest BCUT2D eigenvalue weighted by Gasteiger charge is -2.26. The van der Waals surface area contributed by atoms with Gasteiger partial charge in [-0.15, -0.1) is 0 Å². The van der Waals surface area contributed by atoms with E-state index in [0.717, 1.165) is 38.4 Å². The lowest BCUT2D eigenvalue weighted by atomic mass is 10.1. The highest BCUT2D eigenvalue weighted by Crippen LogP contribution is 2.09. The fraction of sp³-hybridized carbons (Fsp3) is 0.462. The molecule has 3 N–H and O–H groups in total. The van der Waals surface area contributed by atoms with Crippen molar-refractivity contribution < 1.29 is 9.53 Å². The maximum absolute atomic E-state index is 10.6. The van der Waals surface area contributed by atoms with E-state index < -0.39 is 6.03 Å². The summed E-state index contributed by atoms with van der Waals surface area (Å²) in [6.07, 6.45) is 0. The molecule has 1 heterocycles. The number of morpholine rings is 1. The van der Waals surface area contributed by atoms with Gasteiger partial charge in [0.1, 0.15) is 0 Å². The van der Waals surface area contributed by atoms with Crippen molar-refractivity contribution in [1.29, 1.82) is 0 Å². The van der Waals surface area contributed by atoms with Gasteiger partial charge in [-0.2, -0.15) is 0 Å². The zero-order chi connectivity index (χ0) is 12.8. The number of benzene rings is 1. The van der Waals surface area contributed by atoms with Crippen LogP contribution in [0.15, 0.2) is 24.3 Å². The van der Waals surface area contributed by atoms with E-state index >= 15 is 0 Å². The summed E-state index contributed by atoms with van der Waals surface area (Å²) in [6, 6.07) is 7.73. The molecule has 98 valence electrons. The minimum absolute atomic E-state index is 0.479. The number of hydrogen-bond donors (Lipinski definition) is 2. The van der Waals surface area contributed by atoms with Crippen LogP contribution in [0.3, 0.4) is 0 Å². The maximum atomic E-state index is 10.6. The number of ether oxygens (including phenoxy) is 1. The zero-order valence-corrected chi connectivity index (χ0v) is 10.4. The molecule has 5 heteroatoms. The van der Waals surface area contributed by atoms with Gasteiger partial charge in [0.2, 0.25) is 0 Å². The molecule has 0 aromatic heterocycles. The van der Waals surface area contributed by atoms with Gasteiger partial charge < -0.3 is 15.8 Å². The summed E-state index contributed by atoms with van der Waals surface area (Å²) in [7, 11) is 0. The molecule has 5 nitrogen and oxygen atoms in total. The van der Waals surface area contributed by atoms with E-state index in [2.05, 4.69) is 22.3 Å². The molecule has 0 unspecified atom stereocenters. The standard InChI is InChI=1S/C13H19N3O2/c14-13(17)15-9-11-1-3-12(4-2-11)10-16-5-7-18-8-6-16/h1-4H,5-10H2,(H3,14,15,17). The van der Waals surface area contributed by atoms with Crippen molar-refractivity contribution in [1.82, 2.24) is 10.2 Å². The number of amides is 2. The number of nitrogens with one attached hydrogen (secondary N) is 1. The number of urea groups is 1. The van der Waals surface area contributed by atoms with E-state index in [4.69, 9.17) is 10.5 Å². The number of carbonyl (C=O) groups excluding carboxylic acids is 1. The normalized spacial score (nSPS) is 16.4. The molecule has 0 saturated carbocycles. The Balaban J connectivity index is 1.84. The number of nitrogens with zero attached hydrogens (tertiary/aromatic N) is 1. The van der Waals surface area contributed by atoms with Gasteiger partial charge in [0, 0.05) is 26.2 Å². The minimum atomic E-state index is -0.493. The van der Waals surface area contributed by atoms with Crippen molar-refractivity contribution in [2.45, 2.75) is 13.1 Å². The first-order valence-electron chi connectivity index (χ1n) is 6.15. The quantitative estimate of drug-likeness (QED) is 0.825. The number of hydrogen-bond acceptors (Lipinski definition) is 3. The highest BCUT2D eigenvalue weighted by Gasteiger charge is 2.10. The summed E-state index contributed by atoms with van der Waals surface area (Å²) in [6.45, 7) is 5.05. The van der Waals surface area contributed by atoms with E-state index in [1.165, 1.54) is 5.56 Å². The molecule has 1 aromatic carbocycles. The first-order valence-corrected chi connectivity index (χ1v) is 6.15. The number of carbonyl (C=O) groups is 1. The lowest BCUT2D eigenvalue weighted by molar-refractivity contribution is 0.0342. The topological polar surface area (TPSA) is 67.6 Å². The minimum Gasteiger partial charge on any atom is -0.379 e. The Kier molecular flexibility index (Phi) is 4.55. The van der Waals surface area contributed by atoms with Gasteiger partial charge in [-0.25, -0.2) is 4.79 Å². The summed E-state index contributed by atoms with van der Waals surface area (Å²) < 4.78 is 5.32. The predicted octanol–water partition coefficient (Wildman–Crippen LogP) is 0.687. The molecule has 0 atom stereocenters. The maximum Gasteiger partial charge on any atom is 0.312 e. The molecule has 1 aliphatic heterocycles. The Labute approximate surface area is 107 Å². The van der Waals surface area contributed by atoms with Crippen LogP contribution in [-0.4, -0.2) is 37.2 Å². The molecule has 1 fully saturated rings. The Bertz CT molecular complexity index is 386. The summed E-state index contributed by atoms with van der Waals surface area (Å²) in [5, 5.41) is 2.57. The molecule has 2 amide bonds. The van der Waals surface area contributed by atoms with Crippen LogP contribution in [0.4, 0.5) is 4.79 Å². The molecule has 0 spiro atoms. The van der Waals surface area contributed by atoms with Crippen LogP contribution in [0, 0.1) is 0 Å². The van der Waals surface area contributed by atoms with Crippen LogP contribution in [0.2, 0.25) is 0 Å². The van der Waals surface area contributed by atoms with Crippen LogP contribution in [0.25, 0.3) is 0 Å². The lowest BCUT2D eigenvalue weighted by Crippen LogP contribution is -2.35. The Morgan fingerprint density at radius 2 is 1.83 bits per heavy atom. The molecule has 1 aliphatic rings. The molecule has 0 bridgehead atoms. The Morgan fingerprint density at radius 3 is 2.44 bits per heavy atom. The third-order valence-electron chi connectivity index (χ3n) is 3.00. The largest absolute Gasteiger partial charge is 0.379 e. The van der Waals surface area contributed by atoms with Gasteiger partial charge in [-0.1, -0.05) is 24.3 Å². The molecular formula is C13H19N3O2. The third kappa shape index (κ3) is 4.01. The van der Waals surface area contributed by atoms with Crippen LogP contribution in [0.1, 0.15) is 11.1 Å². The van der Waals surface area contributed by atoms with E-state index in [1.54, 1.807) is 0 Å². The number of primary amides is 1. The van der Waals surface area contributed by atoms with Crippen LogP contribution < -0.4 is 11.1 Å². The molecular weight excluding hydrogens is 230 g/mol. The second-order valence-corrected chi connectivity index (χ2v) is 4.42. The van der Waals surface area contributed by atoms with Crippen molar-refractivity contribution in [3.8, 4) is 0 Å². The molecule has 2 rings (SSSR count). The summed E-state index contributed by atoms with van der Waals surface area (Å²) in [5.41, 5.74) is 7.36. The van der Waals surface area contributed by atoms with Crippen LogP contribution in [-0.2, 0) is 17.8 Å². The smallest absolute Gasteiger partial charge is 0.312 e. The highest BCUT2D eigenvalue weighted by molar-refractivity contribution is 5.71. The molecule has 0 radical (unpaired) electrons. The van der Waals surface area contributed by atoms with Gasteiger partial charge in [0.15, 0.2) is 0 Å². The molecule has 18 heavy (non-hydrogen) atoms. The first kappa shape index (κ1) is 12.9. The Morgan fingerprint density at radius 1 is 1.22 bits per heavy atom. The van der Waals surface area contributed by atoms with Crippen molar-refractivity contribution in [3.05, 3.63) is 35.4 Å². The van der Waals surface area contributed by atoms with E-state index in [1.807, 2.05) is 12.1 Å². The monoisotopic (exact) mass is 249 g/mol.